The lowest BCUT2D eigenvalue weighted by molar-refractivity contribution is 0.365. The van der Waals surface area contributed by atoms with Crippen LogP contribution in [0.25, 0.3) is 11.5 Å². The number of hydrogen-bond donors (Lipinski definition) is 2. The maximum atomic E-state index is 5.68. The van der Waals surface area contributed by atoms with E-state index >= 15 is 0 Å². The van der Waals surface area contributed by atoms with Gasteiger partial charge in [-0.25, -0.2) is 0 Å². The van der Waals surface area contributed by atoms with Gasteiger partial charge in [0.15, 0.2) is 5.76 Å². The number of aromatic amines is 1. The van der Waals surface area contributed by atoms with E-state index in [1.165, 1.54) is 5.56 Å². The molecule has 6 heteroatoms. The molecule has 2 N–H and O–H groups in total. The number of rotatable bonds is 6. The van der Waals surface area contributed by atoms with Gasteiger partial charge in [0, 0.05) is 24.3 Å². The summed E-state index contributed by atoms with van der Waals surface area (Å²) in [5.74, 6) is 1.71. The van der Waals surface area contributed by atoms with Gasteiger partial charge < -0.3 is 9.73 Å². The summed E-state index contributed by atoms with van der Waals surface area (Å²) < 4.78 is 7.68. The second kappa shape index (κ2) is 6.42. The summed E-state index contributed by atoms with van der Waals surface area (Å²) >= 11 is 0. The van der Waals surface area contributed by atoms with Crippen LogP contribution in [0.4, 0.5) is 0 Å². The molecule has 2 atom stereocenters. The van der Waals surface area contributed by atoms with E-state index in [-0.39, 0.29) is 12.1 Å². The van der Waals surface area contributed by atoms with Crippen molar-refractivity contribution >= 4 is 0 Å². The minimum Gasteiger partial charge on any atom is -0.460 e. The molecule has 0 fully saturated rings. The number of furan rings is 1. The fourth-order valence-electron chi connectivity index (χ4n) is 2.55. The molecule has 0 aromatic carbocycles. The first-order valence-electron chi connectivity index (χ1n) is 7.88. The summed E-state index contributed by atoms with van der Waals surface area (Å²) in [6.07, 6.45) is 5.80. The monoisotopic (exact) mass is 313 g/mol. The van der Waals surface area contributed by atoms with Gasteiger partial charge in [-0.05, 0) is 45.4 Å². The molecule has 3 rings (SSSR count). The minimum atomic E-state index is 0.268. The van der Waals surface area contributed by atoms with E-state index in [4.69, 9.17) is 4.42 Å². The highest BCUT2D eigenvalue weighted by molar-refractivity contribution is 5.56. The molecule has 6 nitrogen and oxygen atoms in total. The van der Waals surface area contributed by atoms with Crippen LogP contribution in [0.3, 0.4) is 0 Å². The van der Waals surface area contributed by atoms with Crippen LogP contribution < -0.4 is 5.32 Å². The lowest BCUT2D eigenvalue weighted by atomic mass is 10.1. The Bertz CT molecular complexity index is 769. The molecule has 0 aliphatic rings. The molecule has 0 unspecified atom stereocenters. The van der Waals surface area contributed by atoms with Crippen molar-refractivity contribution in [2.45, 2.75) is 46.3 Å². The smallest absolute Gasteiger partial charge is 0.152 e. The van der Waals surface area contributed by atoms with Crippen molar-refractivity contribution in [3.8, 4) is 11.5 Å². The van der Waals surface area contributed by atoms with Crippen molar-refractivity contribution in [3.05, 3.63) is 47.6 Å². The molecule has 0 bridgehead atoms. The number of nitrogens with one attached hydrogen (secondary N) is 2. The highest BCUT2D eigenvalue weighted by Gasteiger charge is 2.16. The first-order valence-corrected chi connectivity index (χ1v) is 7.88. The van der Waals surface area contributed by atoms with Gasteiger partial charge in [0.2, 0.25) is 0 Å². The summed E-state index contributed by atoms with van der Waals surface area (Å²) in [4.78, 5) is 0. The van der Waals surface area contributed by atoms with Gasteiger partial charge in [0.1, 0.15) is 11.5 Å². The Kier molecular flexibility index (Phi) is 4.34. The number of H-pyrrole nitrogens is 1. The molecule has 0 amide bonds. The second-order valence-electron chi connectivity index (χ2n) is 6.09. The van der Waals surface area contributed by atoms with Crippen molar-refractivity contribution in [1.29, 1.82) is 0 Å². The zero-order valence-corrected chi connectivity index (χ0v) is 14.0. The van der Waals surface area contributed by atoms with Crippen LogP contribution in [0.1, 0.15) is 36.8 Å². The first kappa shape index (κ1) is 15.6. The molecule has 0 spiro atoms. The number of aromatic nitrogens is 4. The summed E-state index contributed by atoms with van der Waals surface area (Å²) in [5.41, 5.74) is 3.20. The Hall–Kier alpha value is -2.34. The largest absolute Gasteiger partial charge is 0.460 e. The van der Waals surface area contributed by atoms with Crippen molar-refractivity contribution in [1.82, 2.24) is 25.3 Å². The van der Waals surface area contributed by atoms with E-state index < -0.39 is 0 Å². The molecule has 122 valence electrons. The quantitative estimate of drug-likeness (QED) is 0.733. The molecule has 23 heavy (non-hydrogen) atoms. The molecule has 0 aliphatic carbocycles. The molecule has 3 heterocycles. The van der Waals surface area contributed by atoms with Gasteiger partial charge in [0.25, 0.3) is 0 Å². The highest BCUT2D eigenvalue weighted by Crippen LogP contribution is 2.23. The third kappa shape index (κ3) is 3.37. The number of hydrogen-bond acceptors (Lipinski definition) is 4. The predicted molar refractivity (Wildman–Crippen MR) is 89.0 cm³/mol. The van der Waals surface area contributed by atoms with E-state index in [0.29, 0.717) is 0 Å². The molecular weight excluding hydrogens is 290 g/mol. The van der Waals surface area contributed by atoms with Crippen LogP contribution in [0.2, 0.25) is 0 Å². The first-order chi connectivity index (χ1) is 11.0. The molecule has 3 aromatic rings. The van der Waals surface area contributed by atoms with Gasteiger partial charge in [-0.2, -0.15) is 10.2 Å². The van der Waals surface area contributed by atoms with Gasteiger partial charge in [-0.3, -0.25) is 9.78 Å². The summed E-state index contributed by atoms with van der Waals surface area (Å²) in [6, 6.07) is 4.46. The van der Waals surface area contributed by atoms with E-state index in [2.05, 4.69) is 47.6 Å². The standard InChI is InChI=1S/C17H23N5O/c1-11-7-20-22(10-11)14(4)13(3)18-8-15-9-19-21-17(15)16-6-5-12(2)23-16/h5-7,9-10,13-14,18H,8H2,1-4H3,(H,19,21)/t13-,14+/m0/s1. The molecule has 0 saturated heterocycles. The van der Waals surface area contributed by atoms with E-state index in [1.54, 1.807) is 0 Å². The van der Waals surface area contributed by atoms with Gasteiger partial charge in [0.05, 0.1) is 18.4 Å². The van der Waals surface area contributed by atoms with Crippen LogP contribution in [0, 0.1) is 13.8 Å². The lowest BCUT2D eigenvalue weighted by Gasteiger charge is -2.21. The Morgan fingerprint density at radius 1 is 1.26 bits per heavy atom. The fraction of sp³-hybridized carbons (Fsp3) is 0.412. The van der Waals surface area contributed by atoms with Crippen LogP contribution in [0.15, 0.2) is 35.1 Å². The van der Waals surface area contributed by atoms with E-state index in [0.717, 1.165) is 29.3 Å². The molecule has 0 saturated carbocycles. The maximum Gasteiger partial charge on any atom is 0.152 e. The van der Waals surface area contributed by atoms with Gasteiger partial charge >= 0.3 is 0 Å². The Morgan fingerprint density at radius 3 is 2.74 bits per heavy atom. The zero-order chi connectivity index (χ0) is 16.4. The Labute approximate surface area is 135 Å². The molecule has 0 radical (unpaired) electrons. The van der Waals surface area contributed by atoms with E-state index in [9.17, 15) is 0 Å². The van der Waals surface area contributed by atoms with Gasteiger partial charge in [-0.15, -0.1) is 0 Å². The molecule has 0 aliphatic heterocycles. The van der Waals surface area contributed by atoms with Crippen LogP contribution in [-0.4, -0.2) is 26.0 Å². The highest BCUT2D eigenvalue weighted by atomic mass is 16.3. The Balaban J connectivity index is 1.66. The minimum absolute atomic E-state index is 0.268. The fourth-order valence-corrected chi connectivity index (χ4v) is 2.55. The SMILES string of the molecule is Cc1cnn([C@H](C)[C@H](C)NCc2cn[nH]c2-c2ccc(C)o2)c1. The van der Waals surface area contributed by atoms with Crippen molar-refractivity contribution in [2.75, 3.05) is 0 Å². The van der Waals surface area contributed by atoms with Crippen molar-refractivity contribution < 1.29 is 4.42 Å². The topological polar surface area (TPSA) is 71.7 Å². The lowest BCUT2D eigenvalue weighted by Crippen LogP contribution is -2.33. The summed E-state index contributed by atoms with van der Waals surface area (Å²) in [7, 11) is 0. The zero-order valence-electron chi connectivity index (χ0n) is 14.0. The summed E-state index contributed by atoms with van der Waals surface area (Å²) in [5, 5.41) is 15.1. The third-order valence-electron chi connectivity index (χ3n) is 4.19. The Morgan fingerprint density at radius 2 is 2.09 bits per heavy atom. The maximum absolute atomic E-state index is 5.68. The summed E-state index contributed by atoms with van der Waals surface area (Å²) in [6.45, 7) is 9.04. The third-order valence-corrected chi connectivity index (χ3v) is 4.19. The van der Waals surface area contributed by atoms with Gasteiger partial charge in [-0.1, -0.05) is 0 Å². The average Bonchev–Trinajstić information content (AvgIpc) is 3.24. The predicted octanol–water partition coefficient (Wildman–Crippen LogP) is 3.22. The van der Waals surface area contributed by atoms with Crippen molar-refractivity contribution in [2.24, 2.45) is 0 Å². The van der Waals surface area contributed by atoms with Crippen LogP contribution in [0.5, 0.6) is 0 Å². The van der Waals surface area contributed by atoms with E-state index in [1.807, 2.05) is 36.1 Å². The normalized spacial score (nSPS) is 14.1. The molecular formula is C17H23N5O. The van der Waals surface area contributed by atoms with Crippen LogP contribution >= 0.6 is 0 Å². The van der Waals surface area contributed by atoms with Crippen LogP contribution in [-0.2, 0) is 6.54 Å². The number of aryl methyl sites for hydroxylation is 2. The molecule has 3 aromatic heterocycles. The average molecular weight is 313 g/mol. The second-order valence-corrected chi connectivity index (χ2v) is 6.09. The van der Waals surface area contributed by atoms with Crippen molar-refractivity contribution in [3.63, 3.8) is 0 Å². The number of nitrogens with zero attached hydrogens (tertiary/aromatic N) is 3.